The Morgan fingerprint density at radius 1 is 1.47 bits per heavy atom. The van der Waals surface area contributed by atoms with Gasteiger partial charge in [0.2, 0.25) is 0 Å². The standard InChI is InChI=1S/C9H7BrN4O/c10-8-7(2-1-3-12-8)13-9(15)14-5-4-11-6-14/h1-6H,(H,13,15). The van der Waals surface area contributed by atoms with Crippen LogP contribution >= 0.6 is 15.9 Å². The van der Waals surface area contributed by atoms with Crippen molar-refractivity contribution < 1.29 is 4.79 Å². The first-order valence-corrected chi connectivity index (χ1v) is 4.96. The summed E-state index contributed by atoms with van der Waals surface area (Å²) in [4.78, 5) is 19.4. The van der Waals surface area contributed by atoms with Gasteiger partial charge in [-0.15, -0.1) is 0 Å². The lowest BCUT2D eigenvalue weighted by molar-refractivity contribution is 0.253. The number of halogens is 1. The van der Waals surface area contributed by atoms with Crippen LogP contribution in [-0.4, -0.2) is 20.6 Å². The molecule has 0 saturated carbocycles. The van der Waals surface area contributed by atoms with Crippen molar-refractivity contribution in [1.82, 2.24) is 14.5 Å². The minimum absolute atomic E-state index is 0.277. The second kappa shape index (κ2) is 4.22. The zero-order valence-electron chi connectivity index (χ0n) is 7.59. The first-order chi connectivity index (χ1) is 7.27. The Labute approximate surface area is 94.3 Å². The molecule has 0 radical (unpaired) electrons. The van der Waals surface area contributed by atoms with Crippen LogP contribution in [0.15, 0.2) is 41.7 Å². The van der Waals surface area contributed by atoms with Crippen molar-refractivity contribution in [2.45, 2.75) is 0 Å². The Bertz CT molecular complexity index is 469. The number of imidazole rings is 1. The van der Waals surface area contributed by atoms with Crippen molar-refractivity contribution in [1.29, 1.82) is 0 Å². The van der Waals surface area contributed by atoms with Gasteiger partial charge in [-0.3, -0.25) is 4.57 Å². The molecule has 2 aromatic rings. The van der Waals surface area contributed by atoms with Gasteiger partial charge in [0.1, 0.15) is 10.9 Å². The van der Waals surface area contributed by atoms with Crippen molar-refractivity contribution in [2.75, 3.05) is 5.32 Å². The van der Waals surface area contributed by atoms with Gasteiger partial charge in [-0.25, -0.2) is 14.8 Å². The SMILES string of the molecule is O=C(Nc1cccnc1Br)n1ccnc1. The summed E-state index contributed by atoms with van der Waals surface area (Å²) in [6, 6.07) is 3.22. The van der Waals surface area contributed by atoms with E-state index in [4.69, 9.17) is 0 Å². The fourth-order valence-corrected chi connectivity index (χ4v) is 1.39. The molecule has 0 fully saturated rings. The van der Waals surface area contributed by atoms with Crippen molar-refractivity contribution in [3.63, 3.8) is 0 Å². The monoisotopic (exact) mass is 266 g/mol. The number of nitrogens with one attached hydrogen (secondary N) is 1. The molecule has 15 heavy (non-hydrogen) atoms. The molecule has 0 aliphatic rings. The minimum atomic E-state index is -0.277. The summed E-state index contributed by atoms with van der Waals surface area (Å²) in [6.07, 6.45) is 6.17. The van der Waals surface area contributed by atoms with Crippen molar-refractivity contribution >= 4 is 27.6 Å². The molecule has 0 saturated heterocycles. The van der Waals surface area contributed by atoms with E-state index in [9.17, 15) is 4.79 Å². The van der Waals surface area contributed by atoms with E-state index in [-0.39, 0.29) is 6.03 Å². The van der Waals surface area contributed by atoms with Crippen molar-refractivity contribution in [2.24, 2.45) is 0 Å². The van der Waals surface area contributed by atoms with Crippen LogP contribution in [0.2, 0.25) is 0 Å². The number of carbonyl (C=O) groups is 1. The Morgan fingerprint density at radius 2 is 2.33 bits per heavy atom. The van der Waals surface area contributed by atoms with Gasteiger partial charge in [0, 0.05) is 18.6 Å². The van der Waals surface area contributed by atoms with Gasteiger partial charge >= 0.3 is 6.03 Å². The lowest BCUT2D eigenvalue weighted by Crippen LogP contribution is -2.18. The molecule has 1 N–H and O–H groups in total. The van der Waals surface area contributed by atoms with Gasteiger partial charge in [0.15, 0.2) is 0 Å². The molecule has 0 unspecified atom stereocenters. The van der Waals surface area contributed by atoms with Crippen LogP contribution in [-0.2, 0) is 0 Å². The number of amides is 1. The predicted molar refractivity (Wildman–Crippen MR) is 58.6 cm³/mol. The lowest BCUT2D eigenvalue weighted by atomic mass is 10.4. The van der Waals surface area contributed by atoms with Gasteiger partial charge in [0.05, 0.1) is 5.69 Å². The maximum Gasteiger partial charge on any atom is 0.331 e. The zero-order chi connectivity index (χ0) is 10.7. The van der Waals surface area contributed by atoms with Gasteiger partial charge in [-0.1, -0.05) is 0 Å². The Balaban J connectivity index is 2.17. The highest BCUT2D eigenvalue weighted by molar-refractivity contribution is 9.10. The van der Waals surface area contributed by atoms with Crippen molar-refractivity contribution in [3.8, 4) is 0 Å². The van der Waals surface area contributed by atoms with Crippen LogP contribution in [0, 0.1) is 0 Å². The second-order valence-corrected chi connectivity index (χ2v) is 3.49. The molecule has 5 nitrogen and oxygen atoms in total. The van der Waals surface area contributed by atoms with Crippen LogP contribution in [0.4, 0.5) is 10.5 Å². The number of anilines is 1. The number of nitrogens with zero attached hydrogens (tertiary/aromatic N) is 3. The Kier molecular flexibility index (Phi) is 2.77. The number of carbonyl (C=O) groups excluding carboxylic acids is 1. The minimum Gasteiger partial charge on any atom is -0.305 e. The molecule has 0 aliphatic carbocycles. The van der Waals surface area contributed by atoms with Crippen LogP contribution in [0.1, 0.15) is 0 Å². The van der Waals surface area contributed by atoms with E-state index in [1.54, 1.807) is 24.5 Å². The molecule has 2 rings (SSSR count). The molecule has 76 valence electrons. The van der Waals surface area contributed by atoms with Gasteiger partial charge in [0.25, 0.3) is 0 Å². The highest BCUT2D eigenvalue weighted by Gasteiger charge is 2.06. The van der Waals surface area contributed by atoms with Gasteiger partial charge in [-0.2, -0.15) is 0 Å². The van der Waals surface area contributed by atoms with E-state index < -0.39 is 0 Å². The first kappa shape index (κ1) is 9.85. The third-order valence-corrected chi connectivity index (χ3v) is 2.37. The molecule has 0 aromatic carbocycles. The molecule has 1 amide bonds. The average molecular weight is 267 g/mol. The highest BCUT2D eigenvalue weighted by Crippen LogP contribution is 2.18. The van der Waals surface area contributed by atoms with E-state index in [0.717, 1.165) is 0 Å². The van der Waals surface area contributed by atoms with Crippen LogP contribution in [0.5, 0.6) is 0 Å². The molecule has 2 aromatic heterocycles. The molecule has 0 atom stereocenters. The van der Waals surface area contributed by atoms with Crippen LogP contribution < -0.4 is 5.32 Å². The normalized spacial score (nSPS) is 9.93. The van der Waals surface area contributed by atoms with Gasteiger partial charge < -0.3 is 5.32 Å². The number of pyridine rings is 1. The smallest absolute Gasteiger partial charge is 0.305 e. The summed E-state index contributed by atoms with van der Waals surface area (Å²) >= 11 is 3.24. The maximum absolute atomic E-state index is 11.6. The second-order valence-electron chi connectivity index (χ2n) is 2.74. The van der Waals surface area contributed by atoms with Crippen molar-refractivity contribution in [3.05, 3.63) is 41.7 Å². The number of hydrogen-bond donors (Lipinski definition) is 1. The largest absolute Gasteiger partial charge is 0.331 e. The number of hydrogen-bond acceptors (Lipinski definition) is 3. The third-order valence-electron chi connectivity index (χ3n) is 1.74. The summed E-state index contributed by atoms with van der Waals surface area (Å²) in [7, 11) is 0. The molecule has 2 heterocycles. The summed E-state index contributed by atoms with van der Waals surface area (Å²) in [5.74, 6) is 0. The first-order valence-electron chi connectivity index (χ1n) is 4.17. The predicted octanol–water partition coefficient (Wildman–Crippen LogP) is 2.12. The highest BCUT2D eigenvalue weighted by atomic mass is 79.9. The Hall–Kier alpha value is -1.69. The van der Waals surface area contributed by atoms with Gasteiger partial charge in [-0.05, 0) is 28.1 Å². The summed E-state index contributed by atoms with van der Waals surface area (Å²) in [5.41, 5.74) is 0.621. The topological polar surface area (TPSA) is 59.8 Å². The fraction of sp³-hybridized carbons (Fsp3) is 0. The summed E-state index contributed by atoms with van der Waals surface area (Å²) in [6.45, 7) is 0. The van der Waals surface area contributed by atoms with E-state index in [2.05, 4.69) is 31.2 Å². The van der Waals surface area contributed by atoms with E-state index in [0.29, 0.717) is 10.3 Å². The van der Waals surface area contributed by atoms with Crippen LogP contribution in [0.25, 0.3) is 0 Å². The molecule has 0 aliphatic heterocycles. The lowest BCUT2D eigenvalue weighted by Gasteiger charge is -2.05. The third kappa shape index (κ3) is 2.21. The molecule has 0 bridgehead atoms. The Morgan fingerprint density at radius 3 is 3.00 bits per heavy atom. The number of aromatic nitrogens is 3. The fourth-order valence-electron chi connectivity index (χ4n) is 1.04. The van der Waals surface area contributed by atoms with E-state index in [1.165, 1.54) is 17.1 Å². The van der Waals surface area contributed by atoms with E-state index in [1.807, 2.05) is 0 Å². The zero-order valence-corrected chi connectivity index (χ0v) is 9.18. The number of rotatable bonds is 1. The molecular formula is C9H7BrN4O. The van der Waals surface area contributed by atoms with E-state index >= 15 is 0 Å². The van der Waals surface area contributed by atoms with Crippen LogP contribution in [0.3, 0.4) is 0 Å². The quantitative estimate of drug-likeness (QED) is 0.805. The maximum atomic E-state index is 11.6. The molecule has 0 spiro atoms. The average Bonchev–Trinajstić information content (AvgIpc) is 2.74. The molecular weight excluding hydrogens is 260 g/mol. The summed E-state index contributed by atoms with van der Waals surface area (Å²) in [5, 5.41) is 2.69. The molecule has 6 heteroatoms. The summed E-state index contributed by atoms with van der Waals surface area (Å²) < 4.78 is 1.94.